The molecule has 4 nitrogen and oxygen atoms in total. The maximum Gasteiger partial charge on any atom is 0.153 e. The van der Waals surface area contributed by atoms with Crippen LogP contribution in [0.25, 0.3) is 0 Å². The molecule has 0 aromatic carbocycles. The van der Waals surface area contributed by atoms with Crippen molar-refractivity contribution in [2.45, 2.75) is 25.6 Å². The van der Waals surface area contributed by atoms with Gasteiger partial charge in [0.2, 0.25) is 0 Å². The third-order valence-electron chi connectivity index (χ3n) is 2.23. The van der Waals surface area contributed by atoms with E-state index < -0.39 is 0 Å². The van der Waals surface area contributed by atoms with Crippen molar-refractivity contribution in [3.05, 3.63) is 22.7 Å². The van der Waals surface area contributed by atoms with Crippen LogP contribution >= 0.6 is 15.9 Å². The van der Waals surface area contributed by atoms with Crippen molar-refractivity contribution in [3.8, 4) is 0 Å². The molecule has 0 unspecified atom stereocenters. The Balaban J connectivity index is 1.71. The van der Waals surface area contributed by atoms with Crippen LogP contribution in [0, 0.1) is 0 Å². The minimum atomic E-state index is 0.264. The van der Waals surface area contributed by atoms with E-state index in [2.05, 4.69) is 25.9 Å². The zero-order valence-corrected chi connectivity index (χ0v) is 9.94. The summed E-state index contributed by atoms with van der Waals surface area (Å²) < 4.78 is 11.8. The molecule has 1 aliphatic heterocycles. The Labute approximate surface area is 97.1 Å². The van der Waals surface area contributed by atoms with E-state index in [-0.39, 0.29) is 6.10 Å². The Bertz CT molecular complexity index is 299. The van der Waals surface area contributed by atoms with Gasteiger partial charge in [0.25, 0.3) is 0 Å². The van der Waals surface area contributed by atoms with Crippen molar-refractivity contribution in [3.63, 3.8) is 0 Å². The third-order valence-corrected chi connectivity index (χ3v) is 2.64. The van der Waals surface area contributed by atoms with E-state index in [1.165, 1.54) is 0 Å². The van der Waals surface area contributed by atoms with Gasteiger partial charge in [-0.25, -0.2) is 9.97 Å². The van der Waals surface area contributed by atoms with Crippen molar-refractivity contribution in [2.75, 3.05) is 13.2 Å². The summed E-state index contributed by atoms with van der Waals surface area (Å²) in [6, 6.07) is 0. The summed E-state index contributed by atoms with van der Waals surface area (Å²) in [5.74, 6) is 0.705. The monoisotopic (exact) mass is 272 g/mol. The summed E-state index contributed by atoms with van der Waals surface area (Å²) in [4.78, 5) is 8.24. The average molecular weight is 273 g/mol. The van der Waals surface area contributed by atoms with E-state index >= 15 is 0 Å². The van der Waals surface area contributed by atoms with Gasteiger partial charge in [-0.1, -0.05) is 0 Å². The van der Waals surface area contributed by atoms with Gasteiger partial charge in [0.1, 0.15) is 6.61 Å². The standard InChI is InChI=1S/C10H13BrN2O2/c11-8-4-12-10(13-5-8)7-14-6-9-2-1-3-15-9/h4-5,9H,1-3,6-7H2/t9-/m0/s1. The highest BCUT2D eigenvalue weighted by atomic mass is 79.9. The summed E-state index contributed by atoms with van der Waals surface area (Å²) in [7, 11) is 0. The van der Waals surface area contributed by atoms with Gasteiger partial charge in [0, 0.05) is 19.0 Å². The molecule has 1 aliphatic rings. The molecule has 1 atom stereocenters. The quantitative estimate of drug-likeness (QED) is 0.840. The Morgan fingerprint density at radius 3 is 2.93 bits per heavy atom. The molecule has 82 valence electrons. The highest BCUT2D eigenvalue weighted by Gasteiger charge is 2.15. The Morgan fingerprint density at radius 2 is 2.27 bits per heavy atom. The summed E-state index contributed by atoms with van der Waals surface area (Å²) >= 11 is 3.28. The number of ether oxygens (including phenoxy) is 2. The highest BCUT2D eigenvalue weighted by Crippen LogP contribution is 2.12. The van der Waals surface area contributed by atoms with Crippen molar-refractivity contribution in [2.24, 2.45) is 0 Å². The molecule has 0 spiro atoms. The molecule has 0 bridgehead atoms. The van der Waals surface area contributed by atoms with Crippen LogP contribution in [0.3, 0.4) is 0 Å². The van der Waals surface area contributed by atoms with Crippen LogP contribution in [0.4, 0.5) is 0 Å². The summed E-state index contributed by atoms with van der Waals surface area (Å²) in [6.45, 7) is 1.95. The van der Waals surface area contributed by atoms with Crippen LogP contribution in [0.5, 0.6) is 0 Å². The van der Waals surface area contributed by atoms with Gasteiger partial charge in [-0.05, 0) is 28.8 Å². The van der Waals surface area contributed by atoms with Crippen molar-refractivity contribution < 1.29 is 9.47 Å². The molecule has 1 fully saturated rings. The van der Waals surface area contributed by atoms with Gasteiger partial charge in [-0.3, -0.25) is 0 Å². The number of halogens is 1. The van der Waals surface area contributed by atoms with Crippen molar-refractivity contribution >= 4 is 15.9 Å². The SMILES string of the molecule is Brc1cnc(COC[C@@H]2CCCO2)nc1. The van der Waals surface area contributed by atoms with Crippen LogP contribution in [0.1, 0.15) is 18.7 Å². The lowest BCUT2D eigenvalue weighted by molar-refractivity contribution is 0.00861. The van der Waals surface area contributed by atoms with E-state index in [9.17, 15) is 0 Å². The van der Waals surface area contributed by atoms with Gasteiger partial charge in [-0.2, -0.15) is 0 Å². The number of hydrogen-bond acceptors (Lipinski definition) is 4. The molecule has 0 radical (unpaired) electrons. The van der Waals surface area contributed by atoms with Gasteiger partial charge in [0.05, 0.1) is 17.2 Å². The molecular formula is C10H13BrN2O2. The van der Waals surface area contributed by atoms with Crippen LogP contribution in [0.2, 0.25) is 0 Å². The Kier molecular flexibility index (Phi) is 4.05. The molecular weight excluding hydrogens is 260 g/mol. The fraction of sp³-hybridized carbons (Fsp3) is 0.600. The van der Waals surface area contributed by atoms with E-state index in [0.717, 1.165) is 23.9 Å². The van der Waals surface area contributed by atoms with E-state index in [1.54, 1.807) is 12.4 Å². The second kappa shape index (κ2) is 5.53. The molecule has 0 amide bonds. The molecule has 2 rings (SSSR count). The van der Waals surface area contributed by atoms with Crippen molar-refractivity contribution in [1.82, 2.24) is 9.97 Å². The smallest absolute Gasteiger partial charge is 0.153 e. The average Bonchev–Trinajstić information content (AvgIpc) is 2.74. The molecule has 0 saturated carbocycles. The van der Waals surface area contributed by atoms with E-state index in [4.69, 9.17) is 9.47 Å². The molecule has 15 heavy (non-hydrogen) atoms. The fourth-order valence-electron chi connectivity index (χ4n) is 1.47. The van der Waals surface area contributed by atoms with Gasteiger partial charge in [-0.15, -0.1) is 0 Å². The zero-order chi connectivity index (χ0) is 10.5. The van der Waals surface area contributed by atoms with Crippen LogP contribution in [-0.2, 0) is 16.1 Å². The molecule has 1 aromatic heterocycles. The van der Waals surface area contributed by atoms with Crippen LogP contribution in [-0.4, -0.2) is 29.3 Å². The molecule has 1 aromatic rings. The normalized spacial score (nSPS) is 20.7. The summed E-state index contributed by atoms with van der Waals surface area (Å²) in [6.07, 6.45) is 5.94. The molecule has 0 aliphatic carbocycles. The van der Waals surface area contributed by atoms with Crippen molar-refractivity contribution in [1.29, 1.82) is 0 Å². The fourth-order valence-corrected chi connectivity index (χ4v) is 1.68. The maximum absolute atomic E-state index is 5.48. The number of nitrogens with zero attached hydrogens (tertiary/aromatic N) is 2. The lowest BCUT2D eigenvalue weighted by atomic mass is 10.2. The van der Waals surface area contributed by atoms with Crippen LogP contribution in [0.15, 0.2) is 16.9 Å². The van der Waals surface area contributed by atoms with Gasteiger partial charge in [0.15, 0.2) is 5.82 Å². The lowest BCUT2D eigenvalue weighted by Crippen LogP contribution is -2.14. The Hall–Kier alpha value is -0.520. The molecule has 1 saturated heterocycles. The van der Waals surface area contributed by atoms with E-state index in [1.807, 2.05) is 0 Å². The first-order chi connectivity index (χ1) is 7.34. The predicted octanol–water partition coefficient (Wildman–Crippen LogP) is 1.93. The first-order valence-electron chi connectivity index (χ1n) is 5.00. The second-order valence-corrected chi connectivity index (χ2v) is 4.38. The number of hydrogen-bond donors (Lipinski definition) is 0. The second-order valence-electron chi connectivity index (χ2n) is 3.47. The minimum Gasteiger partial charge on any atom is -0.376 e. The molecule has 0 N–H and O–H groups in total. The largest absolute Gasteiger partial charge is 0.376 e. The first-order valence-corrected chi connectivity index (χ1v) is 5.79. The number of aromatic nitrogens is 2. The summed E-state index contributed by atoms with van der Waals surface area (Å²) in [5, 5.41) is 0. The maximum atomic E-state index is 5.48. The Morgan fingerprint density at radius 1 is 1.47 bits per heavy atom. The topological polar surface area (TPSA) is 44.2 Å². The highest BCUT2D eigenvalue weighted by molar-refractivity contribution is 9.10. The van der Waals surface area contributed by atoms with Crippen LogP contribution < -0.4 is 0 Å². The zero-order valence-electron chi connectivity index (χ0n) is 8.36. The van der Waals surface area contributed by atoms with Gasteiger partial charge >= 0.3 is 0 Å². The number of rotatable bonds is 4. The predicted molar refractivity (Wildman–Crippen MR) is 58.4 cm³/mol. The minimum absolute atomic E-state index is 0.264. The molecule has 2 heterocycles. The lowest BCUT2D eigenvalue weighted by Gasteiger charge is -2.09. The molecule has 5 heteroatoms. The van der Waals surface area contributed by atoms with Gasteiger partial charge < -0.3 is 9.47 Å². The summed E-state index contributed by atoms with van der Waals surface area (Å²) in [5.41, 5.74) is 0. The first kappa shape index (κ1) is 11.0. The third kappa shape index (κ3) is 3.52. The van der Waals surface area contributed by atoms with E-state index in [0.29, 0.717) is 19.0 Å².